The fourth-order valence-electron chi connectivity index (χ4n) is 2.36. The number of hydrogen-bond acceptors (Lipinski definition) is 4. The molecule has 1 amide bonds. The Bertz CT molecular complexity index is 844. The van der Waals surface area contributed by atoms with Gasteiger partial charge in [-0.05, 0) is 35.9 Å². The van der Waals surface area contributed by atoms with Gasteiger partial charge in [-0.15, -0.1) is 0 Å². The molecule has 1 heterocycles. The lowest BCUT2D eigenvalue weighted by atomic mass is 10.1. The Morgan fingerprint density at radius 2 is 2.12 bits per heavy atom. The van der Waals surface area contributed by atoms with Gasteiger partial charge in [0.1, 0.15) is 11.5 Å². The first-order valence-electron chi connectivity index (χ1n) is 7.40. The zero-order valence-electron chi connectivity index (χ0n) is 13.1. The van der Waals surface area contributed by atoms with E-state index >= 15 is 0 Å². The van der Waals surface area contributed by atoms with Gasteiger partial charge >= 0.3 is 0 Å². The quantitative estimate of drug-likeness (QED) is 0.757. The summed E-state index contributed by atoms with van der Waals surface area (Å²) in [6, 6.07) is 13.9. The minimum absolute atomic E-state index is 0.125. The van der Waals surface area contributed by atoms with E-state index in [9.17, 15) is 9.90 Å². The van der Waals surface area contributed by atoms with Crippen LogP contribution in [0.3, 0.4) is 0 Å². The van der Waals surface area contributed by atoms with Crippen LogP contribution in [0.5, 0.6) is 11.5 Å². The lowest BCUT2D eigenvalue weighted by Gasteiger charge is -2.10. The molecule has 0 aliphatic heterocycles. The molecule has 0 saturated carbocycles. The van der Waals surface area contributed by atoms with Gasteiger partial charge in [-0.25, -0.2) is 0 Å². The molecule has 2 N–H and O–H groups in total. The molecule has 3 aromatic rings. The van der Waals surface area contributed by atoms with Crippen molar-refractivity contribution in [3.8, 4) is 11.5 Å². The van der Waals surface area contributed by atoms with E-state index in [1.165, 1.54) is 19.2 Å². The van der Waals surface area contributed by atoms with Crippen molar-refractivity contribution in [2.24, 2.45) is 0 Å². The monoisotopic (exact) mass is 323 g/mol. The molecule has 0 radical (unpaired) electrons. The van der Waals surface area contributed by atoms with E-state index in [1.807, 2.05) is 30.5 Å². The number of nitrogens with one attached hydrogen (secondary N) is 1. The summed E-state index contributed by atoms with van der Waals surface area (Å²) in [5.41, 5.74) is 1.85. The molecule has 0 bridgehead atoms. The van der Waals surface area contributed by atoms with Crippen LogP contribution in [0.25, 0.3) is 0 Å². The van der Waals surface area contributed by atoms with Crippen LogP contribution in [0.2, 0.25) is 0 Å². The van der Waals surface area contributed by atoms with E-state index in [-0.39, 0.29) is 17.2 Å². The minimum atomic E-state index is -0.383. The standard InChI is InChI=1S/C18H17N3O3/c1-24-15-6-7-16(17(22)11-15)18(23)20-14-5-2-4-13(10-14)12-21-9-3-8-19-21/h2-11,22H,12H2,1H3,(H,20,23). The summed E-state index contributed by atoms with van der Waals surface area (Å²) in [5, 5.41) is 16.9. The second kappa shape index (κ2) is 6.87. The molecule has 0 aliphatic rings. The van der Waals surface area contributed by atoms with Crippen LogP contribution >= 0.6 is 0 Å². The van der Waals surface area contributed by atoms with Crippen LogP contribution in [0.15, 0.2) is 60.9 Å². The predicted molar refractivity (Wildman–Crippen MR) is 90.4 cm³/mol. The van der Waals surface area contributed by atoms with Crippen molar-refractivity contribution >= 4 is 11.6 Å². The molecule has 0 unspecified atom stereocenters. The summed E-state index contributed by atoms with van der Waals surface area (Å²) in [6.07, 6.45) is 3.60. The number of carbonyl (C=O) groups is 1. The lowest BCUT2D eigenvalue weighted by Crippen LogP contribution is -2.12. The van der Waals surface area contributed by atoms with Crippen LogP contribution in [0.1, 0.15) is 15.9 Å². The van der Waals surface area contributed by atoms with Crippen LogP contribution in [0.4, 0.5) is 5.69 Å². The van der Waals surface area contributed by atoms with Gasteiger partial charge in [-0.2, -0.15) is 5.10 Å². The second-order valence-electron chi connectivity index (χ2n) is 5.24. The highest BCUT2D eigenvalue weighted by atomic mass is 16.5. The largest absolute Gasteiger partial charge is 0.507 e. The highest BCUT2D eigenvalue weighted by Crippen LogP contribution is 2.24. The van der Waals surface area contributed by atoms with Crippen LogP contribution in [-0.4, -0.2) is 27.9 Å². The summed E-state index contributed by atoms with van der Waals surface area (Å²) < 4.78 is 6.82. The molecule has 6 nitrogen and oxygen atoms in total. The van der Waals surface area contributed by atoms with Gasteiger partial charge < -0.3 is 15.2 Å². The van der Waals surface area contributed by atoms with E-state index in [1.54, 1.807) is 23.0 Å². The Balaban J connectivity index is 1.74. The summed E-state index contributed by atoms with van der Waals surface area (Å²) >= 11 is 0. The fourth-order valence-corrected chi connectivity index (χ4v) is 2.36. The number of aromatic hydroxyl groups is 1. The Morgan fingerprint density at radius 1 is 1.25 bits per heavy atom. The fraction of sp³-hybridized carbons (Fsp3) is 0.111. The van der Waals surface area contributed by atoms with Crippen LogP contribution in [-0.2, 0) is 6.54 Å². The smallest absolute Gasteiger partial charge is 0.259 e. The van der Waals surface area contributed by atoms with Gasteiger partial charge in [0, 0.05) is 24.1 Å². The van der Waals surface area contributed by atoms with Crippen molar-refractivity contribution < 1.29 is 14.6 Å². The third-order valence-corrected chi connectivity index (χ3v) is 3.54. The van der Waals surface area contributed by atoms with Crippen molar-refractivity contribution in [3.05, 3.63) is 72.1 Å². The predicted octanol–water partition coefficient (Wildman–Crippen LogP) is 2.90. The molecule has 24 heavy (non-hydrogen) atoms. The molecule has 0 saturated heterocycles. The van der Waals surface area contributed by atoms with E-state index in [0.717, 1.165) is 5.56 Å². The molecule has 0 aliphatic carbocycles. The number of phenolic OH excluding ortho intramolecular Hbond substituents is 1. The molecule has 0 fully saturated rings. The maximum atomic E-state index is 12.3. The van der Waals surface area contributed by atoms with E-state index in [0.29, 0.717) is 18.0 Å². The minimum Gasteiger partial charge on any atom is -0.507 e. The number of anilines is 1. The summed E-state index contributed by atoms with van der Waals surface area (Å²) in [4.78, 5) is 12.3. The van der Waals surface area contributed by atoms with E-state index in [4.69, 9.17) is 4.74 Å². The van der Waals surface area contributed by atoms with Gasteiger partial charge in [-0.3, -0.25) is 9.48 Å². The van der Waals surface area contributed by atoms with Crippen molar-refractivity contribution in [1.29, 1.82) is 0 Å². The van der Waals surface area contributed by atoms with Crippen LogP contribution in [0, 0.1) is 0 Å². The highest BCUT2D eigenvalue weighted by molar-refractivity contribution is 6.06. The normalized spacial score (nSPS) is 10.4. The average Bonchev–Trinajstić information content (AvgIpc) is 3.07. The first-order chi connectivity index (χ1) is 11.7. The first-order valence-corrected chi connectivity index (χ1v) is 7.40. The number of methoxy groups -OCH3 is 1. The Labute approximate surface area is 139 Å². The molecule has 2 aromatic carbocycles. The second-order valence-corrected chi connectivity index (χ2v) is 5.24. The molecule has 6 heteroatoms. The van der Waals surface area contributed by atoms with Gasteiger partial charge in [0.25, 0.3) is 5.91 Å². The Kier molecular flexibility index (Phi) is 4.47. The Morgan fingerprint density at radius 3 is 2.83 bits per heavy atom. The topological polar surface area (TPSA) is 76.4 Å². The number of phenols is 1. The number of ether oxygens (including phenoxy) is 1. The zero-order valence-corrected chi connectivity index (χ0v) is 13.1. The maximum absolute atomic E-state index is 12.3. The number of nitrogens with zero attached hydrogens (tertiary/aromatic N) is 2. The van der Waals surface area contributed by atoms with Crippen molar-refractivity contribution in [2.75, 3.05) is 12.4 Å². The molecular formula is C18H17N3O3. The van der Waals surface area contributed by atoms with Gasteiger partial charge in [0.15, 0.2) is 0 Å². The van der Waals surface area contributed by atoms with Gasteiger partial charge in [0.05, 0.1) is 19.2 Å². The number of hydrogen-bond donors (Lipinski definition) is 2. The Hall–Kier alpha value is -3.28. The van der Waals surface area contributed by atoms with E-state index < -0.39 is 0 Å². The molecule has 0 atom stereocenters. The van der Waals surface area contributed by atoms with Gasteiger partial charge in [-0.1, -0.05) is 12.1 Å². The average molecular weight is 323 g/mol. The maximum Gasteiger partial charge on any atom is 0.259 e. The zero-order chi connectivity index (χ0) is 16.9. The van der Waals surface area contributed by atoms with Crippen molar-refractivity contribution in [2.45, 2.75) is 6.54 Å². The number of aromatic nitrogens is 2. The highest BCUT2D eigenvalue weighted by Gasteiger charge is 2.12. The number of benzene rings is 2. The molecule has 3 rings (SSSR count). The molecule has 0 spiro atoms. The molecular weight excluding hydrogens is 306 g/mol. The third-order valence-electron chi connectivity index (χ3n) is 3.54. The number of amides is 1. The summed E-state index contributed by atoms with van der Waals surface area (Å²) in [7, 11) is 1.50. The SMILES string of the molecule is COc1ccc(C(=O)Nc2cccc(Cn3cccn3)c2)c(O)c1. The van der Waals surface area contributed by atoms with Crippen LogP contribution < -0.4 is 10.1 Å². The first kappa shape index (κ1) is 15.6. The van der Waals surface area contributed by atoms with E-state index in [2.05, 4.69) is 10.4 Å². The number of rotatable bonds is 5. The summed E-state index contributed by atoms with van der Waals surface area (Å²) in [5.74, 6) is -0.0174. The number of carbonyl (C=O) groups excluding carboxylic acids is 1. The summed E-state index contributed by atoms with van der Waals surface area (Å²) in [6.45, 7) is 0.616. The molecule has 1 aromatic heterocycles. The molecule has 122 valence electrons. The van der Waals surface area contributed by atoms with Crippen molar-refractivity contribution in [1.82, 2.24) is 9.78 Å². The van der Waals surface area contributed by atoms with Crippen molar-refractivity contribution in [3.63, 3.8) is 0 Å². The third kappa shape index (κ3) is 3.55. The lowest BCUT2D eigenvalue weighted by molar-refractivity contribution is 0.102. The van der Waals surface area contributed by atoms with Gasteiger partial charge in [0.2, 0.25) is 0 Å².